The molecule has 2 rings (SSSR count). The van der Waals surface area contributed by atoms with Crippen molar-refractivity contribution in [1.82, 2.24) is 10.3 Å². The standard InChI is InChI=1S/C13H17N3O3S/c1-8(2)6-15-12(17)7-20(18)13-16-10-4-3-9(14)5-11(10)19-13/h3-5,8H,6-7,14H2,1-2H3,(H,15,17). The van der Waals surface area contributed by atoms with Gasteiger partial charge in [-0.05, 0) is 18.1 Å². The van der Waals surface area contributed by atoms with E-state index in [1.807, 2.05) is 13.8 Å². The second-order valence-corrected chi connectivity index (χ2v) is 6.22. The third-order valence-corrected chi connectivity index (χ3v) is 3.65. The van der Waals surface area contributed by atoms with Gasteiger partial charge in [0.1, 0.15) is 22.1 Å². The molecule has 0 aliphatic heterocycles. The maximum atomic E-state index is 12.0. The molecule has 3 N–H and O–H groups in total. The third-order valence-electron chi connectivity index (χ3n) is 2.56. The van der Waals surface area contributed by atoms with E-state index in [2.05, 4.69) is 10.3 Å². The predicted octanol–water partition coefficient (Wildman–Crippen LogP) is 1.29. The van der Waals surface area contributed by atoms with Crippen molar-refractivity contribution in [1.29, 1.82) is 0 Å². The fourth-order valence-corrected chi connectivity index (χ4v) is 2.41. The Bertz CT molecular complexity index is 651. The van der Waals surface area contributed by atoms with Crippen LogP contribution in [0.4, 0.5) is 5.69 Å². The van der Waals surface area contributed by atoms with Gasteiger partial charge in [0.15, 0.2) is 5.58 Å². The topological polar surface area (TPSA) is 98.2 Å². The van der Waals surface area contributed by atoms with Crippen molar-refractivity contribution >= 4 is 33.5 Å². The van der Waals surface area contributed by atoms with Crippen LogP contribution in [-0.2, 0) is 15.6 Å². The molecule has 1 atom stereocenters. The van der Waals surface area contributed by atoms with E-state index in [4.69, 9.17) is 10.2 Å². The summed E-state index contributed by atoms with van der Waals surface area (Å²) >= 11 is 0. The number of fused-ring (bicyclic) bond motifs is 1. The molecule has 0 bridgehead atoms. The van der Waals surface area contributed by atoms with Gasteiger partial charge in [-0.1, -0.05) is 13.8 Å². The normalized spacial score (nSPS) is 12.8. The maximum absolute atomic E-state index is 12.0. The molecular weight excluding hydrogens is 278 g/mol. The molecule has 0 aliphatic rings. The Hall–Kier alpha value is -1.89. The summed E-state index contributed by atoms with van der Waals surface area (Å²) in [5.41, 5.74) is 7.22. The Balaban J connectivity index is 2.05. The summed E-state index contributed by atoms with van der Waals surface area (Å²) in [4.78, 5) is 15.7. The number of oxazole rings is 1. The van der Waals surface area contributed by atoms with Crippen molar-refractivity contribution in [2.45, 2.75) is 19.1 Å². The van der Waals surface area contributed by atoms with Gasteiger partial charge in [-0.2, -0.15) is 0 Å². The Labute approximate surface area is 119 Å². The van der Waals surface area contributed by atoms with Gasteiger partial charge >= 0.3 is 0 Å². The zero-order valence-electron chi connectivity index (χ0n) is 11.4. The summed E-state index contributed by atoms with van der Waals surface area (Å²) in [6, 6.07) is 4.99. The SMILES string of the molecule is CC(C)CNC(=O)CS(=O)c1nc2ccc(N)cc2o1. The van der Waals surface area contributed by atoms with E-state index >= 15 is 0 Å². The molecular formula is C13H17N3O3S. The molecule has 1 aromatic heterocycles. The van der Waals surface area contributed by atoms with Gasteiger partial charge in [0.2, 0.25) is 5.91 Å². The van der Waals surface area contributed by atoms with Crippen LogP contribution in [0, 0.1) is 5.92 Å². The highest BCUT2D eigenvalue weighted by Crippen LogP contribution is 2.20. The molecule has 1 aromatic carbocycles. The average Bonchev–Trinajstić information content (AvgIpc) is 2.79. The predicted molar refractivity (Wildman–Crippen MR) is 77.5 cm³/mol. The molecule has 2 aromatic rings. The lowest BCUT2D eigenvalue weighted by molar-refractivity contribution is -0.118. The van der Waals surface area contributed by atoms with E-state index in [1.165, 1.54) is 0 Å². The smallest absolute Gasteiger partial charge is 0.288 e. The van der Waals surface area contributed by atoms with Crippen LogP contribution in [0.15, 0.2) is 27.8 Å². The number of nitrogens with two attached hydrogens (primary N) is 1. The lowest BCUT2D eigenvalue weighted by Crippen LogP contribution is -2.31. The van der Waals surface area contributed by atoms with Crippen LogP contribution in [0.2, 0.25) is 0 Å². The van der Waals surface area contributed by atoms with Crippen LogP contribution in [-0.4, -0.2) is 27.4 Å². The molecule has 6 nitrogen and oxygen atoms in total. The second-order valence-electron chi connectivity index (χ2n) is 4.89. The highest BCUT2D eigenvalue weighted by Gasteiger charge is 2.16. The number of hydrogen-bond acceptors (Lipinski definition) is 5. The van der Waals surface area contributed by atoms with Gasteiger partial charge in [0.05, 0.1) is 0 Å². The Morgan fingerprint density at radius 3 is 2.95 bits per heavy atom. The first-order valence-corrected chi connectivity index (χ1v) is 7.58. The summed E-state index contributed by atoms with van der Waals surface area (Å²) in [5.74, 6) is -0.0897. The van der Waals surface area contributed by atoms with Crippen LogP contribution in [0.25, 0.3) is 11.1 Å². The van der Waals surface area contributed by atoms with E-state index < -0.39 is 10.8 Å². The number of hydrogen-bond donors (Lipinski definition) is 2. The summed E-state index contributed by atoms with van der Waals surface area (Å²) < 4.78 is 17.4. The molecule has 1 heterocycles. The molecule has 0 fully saturated rings. The van der Waals surface area contributed by atoms with Gasteiger partial charge < -0.3 is 15.5 Å². The van der Waals surface area contributed by atoms with Crippen molar-refractivity contribution in [3.05, 3.63) is 18.2 Å². The number of anilines is 1. The Morgan fingerprint density at radius 2 is 2.25 bits per heavy atom. The molecule has 0 saturated carbocycles. The first-order valence-electron chi connectivity index (χ1n) is 6.27. The number of carbonyl (C=O) groups is 1. The van der Waals surface area contributed by atoms with Crippen molar-refractivity contribution in [2.24, 2.45) is 5.92 Å². The van der Waals surface area contributed by atoms with Gasteiger partial charge in [0, 0.05) is 18.3 Å². The minimum atomic E-state index is -1.60. The summed E-state index contributed by atoms with van der Waals surface area (Å²) in [6.45, 7) is 4.53. The molecule has 0 aliphatic carbocycles. The molecule has 0 saturated heterocycles. The number of aromatic nitrogens is 1. The van der Waals surface area contributed by atoms with Gasteiger partial charge in [-0.3, -0.25) is 4.79 Å². The molecule has 1 unspecified atom stereocenters. The molecule has 7 heteroatoms. The minimum Gasteiger partial charge on any atom is -0.430 e. The monoisotopic (exact) mass is 295 g/mol. The largest absolute Gasteiger partial charge is 0.430 e. The number of nitrogen functional groups attached to an aromatic ring is 1. The minimum absolute atomic E-state index is 0.0466. The quantitative estimate of drug-likeness (QED) is 0.810. The van der Waals surface area contributed by atoms with E-state index in [0.29, 0.717) is 29.2 Å². The number of carbonyl (C=O) groups excluding carboxylic acids is 1. The van der Waals surface area contributed by atoms with E-state index in [0.717, 1.165) is 0 Å². The van der Waals surface area contributed by atoms with Gasteiger partial charge in [0.25, 0.3) is 5.22 Å². The van der Waals surface area contributed by atoms with Crippen molar-refractivity contribution in [3.8, 4) is 0 Å². The first kappa shape index (κ1) is 14.5. The zero-order valence-corrected chi connectivity index (χ0v) is 12.2. The molecule has 0 radical (unpaired) electrons. The average molecular weight is 295 g/mol. The van der Waals surface area contributed by atoms with Crippen molar-refractivity contribution < 1.29 is 13.4 Å². The van der Waals surface area contributed by atoms with E-state index in [-0.39, 0.29) is 16.9 Å². The third kappa shape index (κ3) is 3.57. The van der Waals surface area contributed by atoms with E-state index in [1.54, 1.807) is 18.2 Å². The molecule has 108 valence electrons. The van der Waals surface area contributed by atoms with Crippen molar-refractivity contribution in [2.75, 3.05) is 18.0 Å². The molecule has 0 spiro atoms. The second kappa shape index (κ2) is 6.04. The molecule has 1 amide bonds. The lowest BCUT2D eigenvalue weighted by Gasteiger charge is -2.06. The fraction of sp³-hybridized carbons (Fsp3) is 0.385. The van der Waals surface area contributed by atoms with Gasteiger partial charge in [-0.25, -0.2) is 9.19 Å². The van der Waals surface area contributed by atoms with Crippen LogP contribution in [0.3, 0.4) is 0 Å². The zero-order chi connectivity index (χ0) is 14.7. The highest BCUT2D eigenvalue weighted by atomic mass is 32.2. The highest BCUT2D eigenvalue weighted by molar-refractivity contribution is 7.85. The van der Waals surface area contributed by atoms with Crippen molar-refractivity contribution in [3.63, 3.8) is 0 Å². The summed E-state index contributed by atoms with van der Waals surface area (Å²) in [7, 11) is -1.60. The number of nitrogens with one attached hydrogen (secondary N) is 1. The number of rotatable bonds is 5. The lowest BCUT2D eigenvalue weighted by atomic mass is 10.2. The Kier molecular flexibility index (Phi) is 4.39. The number of nitrogens with zero attached hydrogens (tertiary/aromatic N) is 1. The first-order chi connectivity index (χ1) is 9.45. The Morgan fingerprint density at radius 1 is 1.50 bits per heavy atom. The summed E-state index contributed by atoms with van der Waals surface area (Å²) in [6.07, 6.45) is 0. The maximum Gasteiger partial charge on any atom is 0.288 e. The van der Waals surface area contributed by atoms with Gasteiger partial charge in [-0.15, -0.1) is 0 Å². The summed E-state index contributed by atoms with van der Waals surface area (Å²) in [5, 5.41) is 2.75. The van der Waals surface area contributed by atoms with Crippen LogP contribution in [0.5, 0.6) is 0 Å². The van der Waals surface area contributed by atoms with Crippen LogP contribution >= 0.6 is 0 Å². The fourth-order valence-electron chi connectivity index (χ4n) is 1.57. The molecule has 20 heavy (non-hydrogen) atoms. The van der Waals surface area contributed by atoms with E-state index in [9.17, 15) is 9.00 Å². The number of benzene rings is 1. The van der Waals surface area contributed by atoms with Crippen LogP contribution in [0.1, 0.15) is 13.8 Å². The van der Waals surface area contributed by atoms with Crippen LogP contribution < -0.4 is 11.1 Å². The number of amides is 1.